The lowest BCUT2D eigenvalue weighted by Gasteiger charge is -2.09. The molecule has 1 N–H and O–H groups in total. The molecule has 0 unspecified atom stereocenters. The first-order valence-corrected chi connectivity index (χ1v) is 10.6. The Balaban J connectivity index is 1.44. The number of aromatic nitrogens is 2. The molecule has 0 aliphatic heterocycles. The van der Waals surface area contributed by atoms with Crippen molar-refractivity contribution in [3.05, 3.63) is 80.5 Å². The minimum atomic E-state index is -0.0816. The van der Waals surface area contributed by atoms with E-state index in [1.54, 1.807) is 12.1 Å². The topological polar surface area (TPSA) is 56.2 Å². The summed E-state index contributed by atoms with van der Waals surface area (Å²) in [6, 6.07) is 14.7. The minimum absolute atomic E-state index is 0.0816. The van der Waals surface area contributed by atoms with E-state index in [1.807, 2.05) is 54.9 Å². The SMILES string of the molecule is Cc1nn(CCCNC(=O)c2ccc(COc3cccc(Cl)c3)cc2)c(C)c1Br. The zero-order chi connectivity index (χ0) is 20.8. The molecule has 2 aromatic carbocycles. The van der Waals surface area contributed by atoms with Crippen LogP contribution in [0.3, 0.4) is 0 Å². The van der Waals surface area contributed by atoms with Gasteiger partial charge in [-0.1, -0.05) is 29.8 Å². The third-order valence-corrected chi connectivity index (χ3v) is 5.93. The van der Waals surface area contributed by atoms with Gasteiger partial charge in [0.25, 0.3) is 5.91 Å². The van der Waals surface area contributed by atoms with Crippen LogP contribution in [-0.2, 0) is 13.2 Å². The van der Waals surface area contributed by atoms with Crippen LogP contribution in [0.2, 0.25) is 5.02 Å². The second-order valence-electron chi connectivity index (χ2n) is 6.76. The predicted molar refractivity (Wildman–Crippen MR) is 119 cm³/mol. The molecule has 0 atom stereocenters. The summed E-state index contributed by atoms with van der Waals surface area (Å²) in [4.78, 5) is 12.3. The molecule has 0 saturated carbocycles. The molecule has 1 amide bonds. The molecule has 0 fully saturated rings. The molecule has 1 aromatic heterocycles. The number of hydrogen-bond donors (Lipinski definition) is 1. The van der Waals surface area contributed by atoms with E-state index in [-0.39, 0.29) is 5.91 Å². The first-order valence-electron chi connectivity index (χ1n) is 9.39. The minimum Gasteiger partial charge on any atom is -0.489 e. The summed E-state index contributed by atoms with van der Waals surface area (Å²) < 4.78 is 8.72. The van der Waals surface area contributed by atoms with Crippen LogP contribution in [0.15, 0.2) is 53.0 Å². The number of rotatable bonds is 8. The molecule has 7 heteroatoms. The van der Waals surface area contributed by atoms with E-state index in [0.29, 0.717) is 29.5 Å². The second-order valence-corrected chi connectivity index (χ2v) is 7.99. The molecular weight excluding hydrogens is 454 g/mol. The highest BCUT2D eigenvalue weighted by atomic mass is 79.9. The zero-order valence-electron chi connectivity index (χ0n) is 16.4. The Kier molecular flexibility index (Phi) is 7.34. The summed E-state index contributed by atoms with van der Waals surface area (Å²) >= 11 is 9.48. The van der Waals surface area contributed by atoms with Gasteiger partial charge in [-0.15, -0.1) is 0 Å². The van der Waals surface area contributed by atoms with Crippen molar-refractivity contribution in [1.29, 1.82) is 0 Å². The van der Waals surface area contributed by atoms with Gasteiger partial charge in [-0.05, 0) is 72.1 Å². The summed E-state index contributed by atoms with van der Waals surface area (Å²) in [6.07, 6.45) is 0.811. The van der Waals surface area contributed by atoms with Crippen molar-refractivity contribution in [3.8, 4) is 5.75 Å². The fourth-order valence-corrected chi connectivity index (χ4v) is 3.37. The lowest BCUT2D eigenvalue weighted by Crippen LogP contribution is -2.25. The molecule has 0 radical (unpaired) electrons. The first-order chi connectivity index (χ1) is 13.9. The second kappa shape index (κ2) is 9.94. The van der Waals surface area contributed by atoms with Gasteiger partial charge in [0, 0.05) is 29.4 Å². The molecular formula is C22H23BrClN3O2. The Morgan fingerprint density at radius 2 is 1.97 bits per heavy atom. The fourth-order valence-electron chi connectivity index (χ4n) is 2.90. The van der Waals surface area contributed by atoms with Crippen molar-refractivity contribution in [2.75, 3.05) is 6.54 Å². The largest absolute Gasteiger partial charge is 0.489 e. The molecule has 0 aliphatic carbocycles. The van der Waals surface area contributed by atoms with E-state index in [4.69, 9.17) is 16.3 Å². The first kappa shape index (κ1) is 21.4. The molecule has 0 spiro atoms. The quantitative estimate of drug-likeness (QED) is 0.448. The highest BCUT2D eigenvalue weighted by Gasteiger charge is 2.09. The summed E-state index contributed by atoms with van der Waals surface area (Å²) in [5.74, 6) is 0.635. The van der Waals surface area contributed by atoms with Crippen LogP contribution in [0.1, 0.15) is 33.7 Å². The van der Waals surface area contributed by atoms with Gasteiger partial charge in [0.15, 0.2) is 0 Å². The van der Waals surface area contributed by atoms with Gasteiger partial charge in [0.2, 0.25) is 0 Å². The van der Waals surface area contributed by atoms with E-state index >= 15 is 0 Å². The molecule has 0 saturated heterocycles. The summed E-state index contributed by atoms with van der Waals surface area (Å²) in [7, 11) is 0. The average Bonchev–Trinajstić information content (AvgIpc) is 2.96. The molecule has 1 heterocycles. The van der Waals surface area contributed by atoms with Gasteiger partial charge in [0.1, 0.15) is 12.4 Å². The van der Waals surface area contributed by atoms with Crippen molar-refractivity contribution in [2.24, 2.45) is 0 Å². The molecule has 0 bridgehead atoms. The predicted octanol–water partition coefficient (Wildman–Crippen LogP) is 5.31. The Labute approximate surface area is 184 Å². The molecule has 29 heavy (non-hydrogen) atoms. The Hall–Kier alpha value is -2.31. The highest BCUT2D eigenvalue weighted by Crippen LogP contribution is 2.20. The Bertz CT molecular complexity index is 986. The summed E-state index contributed by atoms with van der Waals surface area (Å²) in [6.45, 7) is 5.77. The number of hydrogen-bond acceptors (Lipinski definition) is 3. The van der Waals surface area contributed by atoms with Crippen LogP contribution >= 0.6 is 27.5 Å². The van der Waals surface area contributed by atoms with Crippen molar-refractivity contribution in [3.63, 3.8) is 0 Å². The number of nitrogens with zero attached hydrogens (tertiary/aromatic N) is 2. The third kappa shape index (κ3) is 5.84. The van der Waals surface area contributed by atoms with Crippen LogP contribution in [-0.4, -0.2) is 22.2 Å². The monoisotopic (exact) mass is 475 g/mol. The van der Waals surface area contributed by atoms with E-state index in [0.717, 1.165) is 34.4 Å². The normalized spacial score (nSPS) is 10.8. The maximum absolute atomic E-state index is 12.3. The van der Waals surface area contributed by atoms with E-state index in [2.05, 4.69) is 26.3 Å². The number of carbonyl (C=O) groups excluding carboxylic acids is 1. The van der Waals surface area contributed by atoms with Crippen LogP contribution in [0.25, 0.3) is 0 Å². The van der Waals surface area contributed by atoms with Gasteiger partial charge in [-0.3, -0.25) is 9.48 Å². The number of carbonyl (C=O) groups is 1. The average molecular weight is 477 g/mol. The lowest BCUT2D eigenvalue weighted by molar-refractivity contribution is 0.0952. The summed E-state index contributed by atoms with van der Waals surface area (Å²) in [5.41, 5.74) is 3.69. The standard InChI is InChI=1S/C22H23BrClN3O2/c1-15-21(23)16(2)27(26-15)12-4-11-25-22(28)18-9-7-17(8-10-18)14-29-20-6-3-5-19(24)13-20/h3,5-10,13H,4,11-12,14H2,1-2H3,(H,25,28). The summed E-state index contributed by atoms with van der Waals surface area (Å²) in [5, 5.41) is 8.07. The van der Waals surface area contributed by atoms with Crippen LogP contribution in [0.5, 0.6) is 5.75 Å². The van der Waals surface area contributed by atoms with Gasteiger partial charge >= 0.3 is 0 Å². The number of nitrogens with one attached hydrogen (secondary N) is 1. The number of benzene rings is 2. The number of aryl methyl sites for hydroxylation is 2. The van der Waals surface area contributed by atoms with Gasteiger partial charge in [-0.25, -0.2) is 0 Å². The maximum Gasteiger partial charge on any atom is 0.251 e. The Morgan fingerprint density at radius 3 is 2.62 bits per heavy atom. The van der Waals surface area contributed by atoms with E-state index < -0.39 is 0 Å². The van der Waals surface area contributed by atoms with Gasteiger partial charge in [-0.2, -0.15) is 5.10 Å². The Morgan fingerprint density at radius 1 is 1.21 bits per heavy atom. The van der Waals surface area contributed by atoms with Gasteiger partial charge in [0.05, 0.1) is 10.2 Å². The van der Waals surface area contributed by atoms with Crippen LogP contribution in [0.4, 0.5) is 0 Å². The van der Waals surface area contributed by atoms with Crippen molar-refractivity contribution in [2.45, 2.75) is 33.4 Å². The molecule has 3 rings (SSSR count). The lowest BCUT2D eigenvalue weighted by atomic mass is 10.1. The van der Waals surface area contributed by atoms with Crippen LogP contribution < -0.4 is 10.1 Å². The van der Waals surface area contributed by atoms with E-state index in [1.165, 1.54) is 0 Å². The number of amides is 1. The van der Waals surface area contributed by atoms with Crippen molar-refractivity contribution in [1.82, 2.24) is 15.1 Å². The van der Waals surface area contributed by atoms with Crippen LogP contribution in [0, 0.1) is 13.8 Å². The molecule has 5 nitrogen and oxygen atoms in total. The fraction of sp³-hybridized carbons (Fsp3) is 0.273. The third-order valence-electron chi connectivity index (χ3n) is 4.54. The van der Waals surface area contributed by atoms with E-state index in [9.17, 15) is 4.79 Å². The molecule has 0 aliphatic rings. The number of halogens is 2. The molecule has 3 aromatic rings. The van der Waals surface area contributed by atoms with Gasteiger partial charge < -0.3 is 10.1 Å². The smallest absolute Gasteiger partial charge is 0.251 e. The highest BCUT2D eigenvalue weighted by molar-refractivity contribution is 9.10. The van der Waals surface area contributed by atoms with Crippen molar-refractivity contribution >= 4 is 33.4 Å². The maximum atomic E-state index is 12.3. The number of ether oxygens (including phenoxy) is 1. The zero-order valence-corrected chi connectivity index (χ0v) is 18.8. The van der Waals surface area contributed by atoms with Crippen molar-refractivity contribution < 1.29 is 9.53 Å². The molecule has 152 valence electrons.